The third-order valence-electron chi connectivity index (χ3n) is 6.99. The van der Waals surface area contributed by atoms with Crippen molar-refractivity contribution in [3.05, 3.63) is 94.5 Å². The fourth-order valence-electron chi connectivity index (χ4n) is 5.05. The van der Waals surface area contributed by atoms with Crippen molar-refractivity contribution in [3.63, 3.8) is 0 Å². The predicted molar refractivity (Wildman–Crippen MR) is 149 cm³/mol. The SMILES string of the molecule is CCOC(=O)c1cc(C2=C(c3cc(C(F)(F)F)ccc3OCc3ccccc3)CCC2)cc(N(CC)CC)c1. The topological polar surface area (TPSA) is 38.8 Å². The van der Waals surface area contributed by atoms with Crippen molar-refractivity contribution in [1.82, 2.24) is 0 Å². The zero-order chi connectivity index (χ0) is 28.0. The van der Waals surface area contributed by atoms with Crippen molar-refractivity contribution in [2.45, 2.75) is 52.8 Å². The van der Waals surface area contributed by atoms with Crippen molar-refractivity contribution in [2.24, 2.45) is 0 Å². The molecule has 39 heavy (non-hydrogen) atoms. The summed E-state index contributed by atoms with van der Waals surface area (Å²) >= 11 is 0. The Morgan fingerprint density at radius 1 is 0.897 bits per heavy atom. The molecule has 0 radical (unpaired) electrons. The average molecular weight is 538 g/mol. The highest BCUT2D eigenvalue weighted by Crippen LogP contribution is 2.45. The summed E-state index contributed by atoms with van der Waals surface area (Å²) in [5, 5.41) is 0. The van der Waals surface area contributed by atoms with Crippen LogP contribution in [-0.4, -0.2) is 25.7 Å². The fraction of sp³-hybridized carbons (Fsp3) is 0.344. The highest BCUT2D eigenvalue weighted by molar-refractivity contribution is 5.98. The maximum absolute atomic E-state index is 13.8. The van der Waals surface area contributed by atoms with Crippen LogP contribution in [0.1, 0.15) is 72.6 Å². The summed E-state index contributed by atoms with van der Waals surface area (Å²) in [6, 6.07) is 18.8. The minimum absolute atomic E-state index is 0.242. The first kappa shape index (κ1) is 28.3. The van der Waals surface area contributed by atoms with Gasteiger partial charge in [-0.1, -0.05) is 30.3 Å². The smallest absolute Gasteiger partial charge is 0.416 e. The number of halogens is 3. The molecule has 3 aromatic carbocycles. The second-order valence-electron chi connectivity index (χ2n) is 9.45. The highest BCUT2D eigenvalue weighted by Gasteiger charge is 2.32. The molecule has 0 aromatic heterocycles. The second-order valence-corrected chi connectivity index (χ2v) is 9.45. The van der Waals surface area contributed by atoms with Crippen LogP contribution in [0, 0.1) is 0 Å². The first-order valence-corrected chi connectivity index (χ1v) is 13.4. The Kier molecular flexibility index (Phi) is 9.00. The molecule has 1 aliphatic carbocycles. The van der Waals surface area contributed by atoms with Gasteiger partial charge in [-0.3, -0.25) is 0 Å². The first-order chi connectivity index (χ1) is 18.7. The van der Waals surface area contributed by atoms with Gasteiger partial charge in [0.1, 0.15) is 12.4 Å². The third kappa shape index (κ3) is 6.64. The summed E-state index contributed by atoms with van der Waals surface area (Å²) in [5.41, 5.74) is 4.53. The minimum atomic E-state index is -4.48. The Bertz CT molecular complexity index is 1330. The van der Waals surface area contributed by atoms with Crippen LogP contribution in [0.2, 0.25) is 0 Å². The fourth-order valence-corrected chi connectivity index (χ4v) is 5.05. The molecule has 0 amide bonds. The van der Waals surface area contributed by atoms with Crippen LogP contribution in [0.25, 0.3) is 11.1 Å². The Hall–Kier alpha value is -3.74. The molecule has 0 fully saturated rings. The molecule has 7 heteroatoms. The number of benzene rings is 3. The zero-order valence-electron chi connectivity index (χ0n) is 22.6. The van der Waals surface area contributed by atoms with Gasteiger partial charge in [-0.05, 0) is 98.7 Å². The molecular weight excluding hydrogens is 503 g/mol. The Morgan fingerprint density at radius 3 is 2.28 bits per heavy atom. The molecule has 0 N–H and O–H groups in total. The Labute approximate surface area is 228 Å². The number of carbonyl (C=O) groups is 1. The largest absolute Gasteiger partial charge is 0.488 e. The summed E-state index contributed by atoms with van der Waals surface area (Å²) in [7, 11) is 0. The van der Waals surface area contributed by atoms with Gasteiger partial charge in [0.2, 0.25) is 0 Å². The molecule has 0 saturated heterocycles. The van der Waals surface area contributed by atoms with E-state index in [4.69, 9.17) is 9.47 Å². The highest BCUT2D eigenvalue weighted by atomic mass is 19.4. The maximum atomic E-state index is 13.8. The Morgan fingerprint density at radius 2 is 1.62 bits per heavy atom. The number of anilines is 1. The van der Waals surface area contributed by atoms with Crippen LogP contribution in [0.3, 0.4) is 0 Å². The van der Waals surface area contributed by atoms with Gasteiger partial charge in [-0.25, -0.2) is 4.79 Å². The van der Waals surface area contributed by atoms with Crippen molar-refractivity contribution >= 4 is 22.8 Å². The summed E-state index contributed by atoms with van der Waals surface area (Å²) < 4.78 is 52.7. The van der Waals surface area contributed by atoms with Gasteiger partial charge in [0.05, 0.1) is 17.7 Å². The number of ether oxygens (including phenoxy) is 2. The lowest BCUT2D eigenvalue weighted by molar-refractivity contribution is -0.137. The van der Waals surface area contributed by atoms with E-state index in [1.807, 2.05) is 56.3 Å². The molecule has 0 spiro atoms. The van der Waals surface area contributed by atoms with Gasteiger partial charge >= 0.3 is 12.1 Å². The second kappa shape index (κ2) is 12.4. The minimum Gasteiger partial charge on any atom is -0.488 e. The van der Waals surface area contributed by atoms with Crippen LogP contribution >= 0.6 is 0 Å². The molecule has 206 valence electrons. The van der Waals surface area contributed by atoms with E-state index in [0.717, 1.165) is 53.5 Å². The van der Waals surface area contributed by atoms with Gasteiger partial charge < -0.3 is 14.4 Å². The maximum Gasteiger partial charge on any atom is 0.416 e. The number of nitrogens with zero attached hydrogens (tertiary/aromatic N) is 1. The number of hydrogen-bond donors (Lipinski definition) is 0. The predicted octanol–water partition coefficient (Wildman–Crippen LogP) is 8.40. The summed E-state index contributed by atoms with van der Waals surface area (Å²) in [4.78, 5) is 14.9. The van der Waals surface area contributed by atoms with Gasteiger partial charge in [0, 0.05) is 24.3 Å². The summed E-state index contributed by atoms with van der Waals surface area (Å²) in [6.07, 6.45) is -2.38. The molecule has 0 aliphatic heterocycles. The summed E-state index contributed by atoms with van der Waals surface area (Å²) in [6.45, 7) is 7.84. The van der Waals surface area contributed by atoms with Crippen molar-refractivity contribution < 1.29 is 27.4 Å². The molecule has 0 bridgehead atoms. The zero-order valence-corrected chi connectivity index (χ0v) is 22.6. The Balaban J connectivity index is 1.85. The van der Waals surface area contributed by atoms with Crippen LogP contribution in [-0.2, 0) is 17.5 Å². The molecule has 1 aliphatic rings. The standard InChI is InChI=1S/C32H34F3NO3/c1-4-36(5-2)26-18-23(17-24(19-26)31(37)38-6-3)27-13-10-14-28(27)29-20-25(32(33,34)35)15-16-30(29)39-21-22-11-8-7-9-12-22/h7-9,11-12,15-20H,4-6,10,13-14,21H2,1-3H3. The van der Waals surface area contributed by atoms with E-state index in [1.165, 1.54) is 12.1 Å². The molecule has 4 rings (SSSR count). The van der Waals surface area contributed by atoms with E-state index < -0.39 is 17.7 Å². The van der Waals surface area contributed by atoms with E-state index in [2.05, 4.69) is 4.90 Å². The molecule has 0 heterocycles. The molecule has 0 atom stereocenters. The monoisotopic (exact) mass is 537 g/mol. The van der Waals surface area contributed by atoms with E-state index >= 15 is 0 Å². The van der Waals surface area contributed by atoms with Crippen molar-refractivity contribution in [2.75, 3.05) is 24.6 Å². The molecule has 3 aromatic rings. The lowest BCUT2D eigenvalue weighted by atomic mass is 9.93. The van der Waals surface area contributed by atoms with Crippen LogP contribution in [0.15, 0.2) is 66.7 Å². The van der Waals surface area contributed by atoms with Crippen molar-refractivity contribution in [3.8, 4) is 5.75 Å². The lowest BCUT2D eigenvalue weighted by Crippen LogP contribution is -2.22. The van der Waals surface area contributed by atoms with Gasteiger partial charge in [-0.2, -0.15) is 13.2 Å². The number of rotatable bonds is 10. The van der Waals surface area contributed by atoms with E-state index in [-0.39, 0.29) is 13.2 Å². The van der Waals surface area contributed by atoms with Crippen LogP contribution < -0.4 is 9.64 Å². The number of allylic oxidation sites excluding steroid dienone is 2. The number of esters is 1. The molecule has 4 nitrogen and oxygen atoms in total. The summed E-state index contributed by atoms with van der Waals surface area (Å²) in [5.74, 6) is -0.00868. The number of alkyl halides is 3. The normalized spacial score (nSPS) is 13.5. The van der Waals surface area contributed by atoms with Crippen molar-refractivity contribution in [1.29, 1.82) is 0 Å². The van der Waals surface area contributed by atoms with Crippen LogP contribution in [0.5, 0.6) is 5.75 Å². The first-order valence-electron chi connectivity index (χ1n) is 13.4. The van der Waals surface area contributed by atoms with Gasteiger partial charge in [0.15, 0.2) is 0 Å². The van der Waals surface area contributed by atoms with Gasteiger partial charge in [0.25, 0.3) is 0 Å². The molecular formula is C32H34F3NO3. The molecule has 0 unspecified atom stereocenters. The van der Waals surface area contributed by atoms with E-state index in [9.17, 15) is 18.0 Å². The third-order valence-corrected chi connectivity index (χ3v) is 6.99. The quantitative estimate of drug-likeness (QED) is 0.244. The van der Waals surface area contributed by atoms with E-state index in [0.29, 0.717) is 29.7 Å². The number of hydrogen-bond acceptors (Lipinski definition) is 4. The van der Waals surface area contributed by atoms with Crippen LogP contribution in [0.4, 0.5) is 18.9 Å². The lowest BCUT2D eigenvalue weighted by Gasteiger charge is -2.23. The van der Waals surface area contributed by atoms with Gasteiger partial charge in [-0.15, -0.1) is 0 Å². The number of carbonyl (C=O) groups excluding carboxylic acids is 1. The van der Waals surface area contributed by atoms with E-state index in [1.54, 1.807) is 13.0 Å². The molecule has 0 saturated carbocycles. The average Bonchev–Trinajstić information content (AvgIpc) is 3.42.